The summed E-state index contributed by atoms with van der Waals surface area (Å²) in [6.07, 6.45) is 1.45. The van der Waals surface area contributed by atoms with Gasteiger partial charge in [0, 0.05) is 36.1 Å². The summed E-state index contributed by atoms with van der Waals surface area (Å²) in [6, 6.07) is 12.9. The number of halogens is 2. The van der Waals surface area contributed by atoms with Crippen molar-refractivity contribution in [1.82, 2.24) is 10.2 Å². The Morgan fingerprint density at radius 1 is 1.06 bits per heavy atom. The van der Waals surface area contributed by atoms with E-state index in [9.17, 15) is 18.0 Å². The van der Waals surface area contributed by atoms with Crippen molar-refractivity contribution in [3.63, 3.8) is 0 Å². The molecule has 0 aliphatic carbocycles. The number of sulfonamides is 1. The second-order valence-corrected chi connectivity index (χ2v) is 10.4. The van der Waals surface area contributed by atoms with Crippen molar-refractivity contribution >= 4 is 50.7 Å². The molecular weight excluding hydrogens is 485 g/mol. The summed E-state index contributed by atoms with van der Waals surface area (Å²) in [5, 5.41) is 3.70. The molecule has 0 aliphatic heterocycles. The van der Waals surface area contributed by atoms with Gasteiger partial charge in [0.2, 0.25) is 21.8 Å². The van der Waals surface area contributed by atoms with Gasteiger partial charge in [0.15, 0.2) is 0 Å². The zero-order valence-corrected chi connectivity index (χ0v) is 21.3. The van der Waals surface area contributed by atoms with Gasteiger partial charge in [-0.1, -0.05) is 41.4 Å². The zero-order chi connectivity index (χ0) is 24.6. The molecule has 0 aliphatic rings. The highest BCUT2D eigenvalue weighted by Gasteiger charge is 2.26. The van der Waals surface area contributed by atoms with Crippen LogP contribution in [0.2, 0.25) is 10.0 Å². The van der Waals surface area contributed by atoms with Crippen molar-refractivity contribution in [2.75, 3.05) is 23.7 Å². The maximum atomic E-state index is 13.1. The standard InChI is InChI=1S/C23H29Cl2N3O4S/c1-4-26-23(30)17(2)27(16-18-8-5-9-19(24)14-18)22(29)12-7-13-28(33(3,31)32)21-11-6-10-20(25)15-21/h5-6,8-11,14-15,17H,4,7,12-13,16H2,1-3H3,(H,26,30). The lowest BCUT2D eigenvalue weighted by Crippen LogP contribution is -2.47. The van der Waals surface area contributed by atoms with E-state index in [1.165, 1.54) is 9.21 Å². The normalized spacial score (nSPS) is 12.2. The molecule has 0 fully saturated rings. The van der Waals surface area contributed by atoms with E-state index in [0.717, 1.165) is 11.8 Å². The number of carbonyl (C=O) groups excluding carboxylic acids is 2. The van der Waals surface area contributed by atoms with Crippen molar-refractivity contribution in [2.45, 2.75) is 39.3 Å². The highest BCUT2D eigenvalue weighted by molar-refractivity contribution is 7.92. The molecule has 2 aromatic rings. The zero-order valence-electron chi connectivity index (χ0n) is 18.9. The number of benzene rings is 2. The summed E-state index contributed by atoms with van der Waals surface area (Å²) in [5.74, 6) is -0.516. The van der Waals surface area contributed by atoms with E-state index in [0.29, 0.717) is 22.3 Å². The molecular formula is C23H29Cl2N3O4S. The van der Waals surface area contributed by atoms with Crippen molar-refractivity contribution in [2.24, 2.45) is 0 Å². The summed E-state index contributed by atoms with van der Waals surface area (Å²) in [6.45, 7) is 4.24. The van der Waals surface area contributed by atoms with Gasteiger partial charge in [-0.05, 0) is 56.2 Å². The average Bonchev–Trinajstić information content (AvgIpc) is 2.73. The van der Waals surface area contributed by atoms with Gasteiger partial charge >= 0.3 is 0 Å². The predicted molar refractivity (Wildman–Crippen MR) is 133 cm³/mol. The number of hydrogen-bond donors (Lipinski definition) is 1. The van der Waals surface area contributed by atoms with Gasteiger partial charge in [-0.25, -0.2) is 8.42 Å². The smallest absolute Gasteiger partial charge is 0.242 e. The van der Waals surface area contributed by atoms with E-state index >= 15 is 0 Å². The summed E-state index contributed by atoms with van der Waals surface area (Å²) >= 11 is 12.1. The minimum absolute atomic E-state index is 0.0664. The number of rotatable bonds is 11. The molecule has 2 amide bonds. The van der Waals surface area contributed by atoms with Crippen LogP contribution in [0.1, 0.15) is 32.3 Å². The van der Waals surface area contributed by atoms with Crippen LogP contribution in [0.15, 0.2) is 48.5 Å². The van der Waals surface area contributed by atoms with E-state index in [1.807, 2.05) is 13.0 Å². The van der Waals surface area contributed by atoms with Gasteiger partial charge in [0.1, 0.15) is 6.04 Å². The molecule has 2 aromatic carbocycles. The summed E-state index contributed by atoms with van der Waals surface area (Å²) in [7, 11) is -3.57. The Morgan fingerprint density at radius 2 is 1.70 bits per heavy atom. The fourth-order valence-corrected chi connectivity index (χ4v) is 4.73. The molecule has 180 valence electrons. The number of nitrogens with one attached hydrogen (secondary N) is 1. The fraction of sp³-hybridized carbons (Fsp3) is 0.391. The van der Waals surface area contributed by atoms with Gasteiger partial charge in [-0.2, -0.15) is 0 Å². The second-order valence-electron chi connectivity index (χ2n) is 7.64. The number of nitrogens with zero attached hydrogens (tertiary/aromatic N) is 2. The highest BCUT2D eigenvalue weighted by Crippen LogP contribution is 2.23. The van der Waals surface area contributed by atoms with Crippen LogP contribution >= 0.6 is 23.2 Å². The van der Waals surface area contributed by atoms with Crippen LogP contribution < -0.4 is 9.62 Å². The molecule has 0 saturated carbocycles. The topological polar surface area (TPSA) is 86.8 Å². The molecule has 0 saturated heterocycles. The molecule has 2 rings (SSSR count). The Balaban J connectivity index is 2.15. The molecule has 0 aromatic heterocycles. The van der Waals surface area contributed by atoms with Crippen molar-refractivity contribution in [1.29, 1.82) is 0 Å². The molecule has 1 atom stereocenters. The first kappa shape index (κ1) is 27.0. The van der Waals surface area contributed by atoms with E-state index < -0.39 is 16.1 Å². The summed E-state index contributed by atoms with van der Waals surface area (Å²) in [4.78, 5) is 27.1. The SMILES string of the molecule is CCNC(=O)C(C)N(Cc1cccc(Cl)c1)C(=O)CCCN(c1cccc(Cl)c1)S(C)(=O)=O. The second kappa shape index (κ2) is 12.3. The molecule has 0 spiro atoms. The van der Waals surface area contributed by atoms with Crippen LogP contribution in [0.3, 0.4) is 0 Å². The van der Waals surface area contributed by atoms with Gasteiger partial charge in [0.05, 0.1) is 11.9 Å². The number of anilines is 1. The number of likely N-dealkylation sites (N-methyl/N-ethyl adjacent to an activating group) is 1. The lowest BCUT2D eigenvalue weighted by molar-refractivity contribution is -0.140. The third-order valence-corrected chi connectivity index (χ3v) is 6.67. The summed E-state index contributed by atoms with van der Waals surface area (Å²) < 4.78 is 25.9. The minimum atomic E-state index is -3.57. The van der Waals surface area contributed by atoms with Crippen LogP contribution in [0.25, 0.3) is 0 Å². The Labute approximate surface area is 205 Å². The maximum Gasteiger partial charge on any atom is 0.242 e. The first-order valence-electron chi connectivity index (χ1n) is 10.6. The molecule has 10 heteroatoms. The van der Waals surface area contributed by atoms with Crippen molar-refractivity contribution < 1.29 is 18.0 Å². The quantitative estimate of drug-likeness (QED) is 0.490. The van der Waals surface area contributed by atoms with Crippen LogP contribution in [-0.2, 0) is 26.2 Å². The molecule has 7 nitrogen and oxygen atoms in total. The Hall–Kier alpha value is -2.29. The van der Waals surface area contributed by atoms with Crippen LogP contribution in [0, 0.1) is 0 Å². The lowest BCUT2D eigenvalue weighted by atomic mass is 10.1. The third-order valence-electron chi connectivity index (χ3n) is 5.01. The molecule has 1 unspecified atom stereocenters. The number of carbonyl (C=O) groups is 2. The van der Waals surface area contributed by atoms with Gasteiger partial charge in [0.25, 0.3) is 0 Å². The highest BCUT2D eigenvalue weighted by atomic mass is 35.5. The molecule has 1 N–H and O–H groups in total. The minimum Gasteiger partial charge on any atom is -0.355 e. The third kappa shape index (κ3) is 8.21. The largest absolute Gasteiger partial charge is 0.355 e. The Morgan fingerprint density at radius 3 is 2.27 bits per heavy atom. The van der Waals surface area contributed by atoms with Crippen molar-refractivity contribution in [3.8, 4) is 0 Å². The molecule has 0 bridgehead atoms. The molecule has 33 heavy (non-hydrogen) atoms. The Kier molecular flexibility index (Phi) is 10.0. The van der Waals surface area contributed by atoms with Crippen LogP contribution in [-0.4, -0.2) is 50.5 Å². The van der Waals surface area contributed by atoms with E-state index in [-0.39, 0.29) is 37.7 Å². The fourth-order valence-electron chi connectivity index (χ4n) is 3.37. The van der Waals surface area contributed by atoms with Gasteiger partial charge < -0.3 is 10.2 Å². The van der Waals surface area contributed by atoms with E-state index in [4.69, 9.17) is 23.2 Å². The molecule has 0 heterocycles. The van der Waals surface area contributed by atoms with Crippen LogP contribution in [0.4, 0.5) is 5.69 Å². The first-order valence-corrected chi connectivity index (χ1v) is 13.2. The van der Waals surface area contributed by atoms with Gasteiger partial charge in [-0.3, -0.25) is 13.9 Å². The summed E-state index contributed by atoms with van der Waals surface area (Å²) in [5.41, 5.74) is 1.23. The van der Waals surface area contributed by atoms with E-state index in [1.54, 1.807) is 49.4 Å². The lowest BCUT2D eigenvalue weighted by Gasteiger charge is -2.29. The maximum absolute atomic E-state index is 13.1. The monoisotopic (exact) mass is 513 g/mol. The first-order chi connectivity index (χ1) is 15.5. The van der Waals surface area contributed by atoms with Crippen molar-refractivity contribution in [3.05, 3.63) is 64.1 Å². The number of amides is 2. The number of hydrogen-bond acceptors (Lipinski definition) is 4. The van der Waals surface area contributed by atoms with Crippen LogP contribution in [0.5, 0.6) is 0 Å². The van der Waals surface area contributed by atoms with E-state index in [2.05, 4.69) is 5.32 Å². The predicted octanol–water partition coefficient (Wildman–Crippen LogP) is 4.09. The van der Waals surface area contributed by atoms with Gasteiger partial charge in [-0.15, -0.1) is 0 Å². The molecule has 0 radical (unpaired) electrons. The Bertz CT molecular complexity index is 1080. The average molecular weight is 514 g/mol.